The maximum Gasteiger partial charge on any atom is 0.150 e. The number of likely N-dealkylation sites (tertiary alicyclic amines) is 1. The molecule has 3 rings (SSSR count). The Balaban J connectivity index is 0.000000963. The van der Waals surface area contributed by atoms with Gasteiger partial charge in [0, 0.05) is 19.2 Å². The first kappa shape index (κ1) is 11.9. The first-order valence-corrected chi connectivity index (χ1v) is 5.66. The zero-order valence-electron chi connectivity index (χ0n) is 9.48. The van der Waals surface area contributed by atoms with Crippen LogP contribution in [0.4, 0.5) is 0 Å². The lowest BCUT2D eigenvalue weighted by Crippen LogP contribution is -2.25. The highest BCUT2D eigenvalue weighted by molar-refractivity contribution is 5.85. The van der Waals surface area contributed by atoms with Gasteiger partial charge in [0.1, 0.15) is 0 Å². The highest BCUT2D eigenvalue weighted by Gasteiger charge is 2.36. The second kappa shape index (κ2) is 4.73. The van der Waals surface area contributed by atoms with Gasteiger partial charge in [0.15, 0.2) is 5.76 Å². The molecule has 0 bridgehead atoms. The molecule has 90 valence electrons. The summed E-state index contributed by atoms with van der Waals surface area (Å²) in [7, 11) is 0. The van der Waals surface area contributed by atoms with E-state index in [1.165, 1.54) is 26.2 Å². The predicted octanol–water partition coefficient (Wildman–Crippen LogP) is 1.06. The quantitative estimate of drug-likeness (QED) is 0.843. The van der Waals surface area contributed by atoms with Crippen LogP contribution in [0.5, 0.6) is 0 Å². The molecule has 0 aliphatic carbocycles. The number of nitrogens with zero attached hydrogens (tertiary/aromatic N) is 2. The van der Waals surface area contributed by atoms with Crippen molar-refractivity contribution in [1.29, 1.82) is 0 Å². The Kier molecular flexibility index (Phi) is 3.52. The molecule has 2 atom stereocenters. The van der Waals surface area contributed by atoms with Gasteiger partial charge in [-0.2, -0.15) is 0 Å². The Morgan fingerprint density at radius 1 is 1.44 bits per heavy atom. The van der Waals surface area contributed by atoms with Gasteiger partial charge in [-0.25, -0.2) is 0 Å². The SMILES string of the molecule is Cc1cc(CN2C[C@H]3CNC[C@H]3C2)on1.Cl. The molecule has 16 heavy (non-hydrogen) atoms. The van der Waals surface area contributed by atoms with E-state index in [0.717, 1.165) is 29.8 Å². The number of fused-ring (bicyclic) bond motifs is 1. The molecule has 1 aromatic heterocycles. The summed E-state index contributed by atoms with van der Waals surface area (Å²) in [5, 5.41) is 7.37. The normalized spacial score (nSPS) is 29.1. The van der Waals surface area contributed by atoms with E-state index in [1.54, 1.807) is 0 Å². The Hall–Kier alpha value is -0.580. The molecular formula is C11H18ClN3O. The summed E-state index contributed by atoms with van der Waals surface area (Å²) in [6.07, 6.45) is 0. The number of nitrogens with one attached hydrogen (secondary N) is 1. The average Bonchev–Trinajstić information content (AvgIpc) is 2.81. The summed E-state index contributed by atoms with van der Waals surface area (Å²) in [5.74, 6) is 2.71. The molecule has 1 aromatic rings. The Morgan fingerprint density at radius 2 is 2.12 bits per heavy atom. The van der Waals surface area contributed by atoms with Gasteiger partial charge in [0.05, 0.1) is 12.2 Å². The van der Waals surface area contributed by atoms with Gasteiger partial charge >= 0.3 is 0 Å². The maximum atomic E-state index is 5.24. The van der Waals surface area contributed by atoms with Crippen LogP contribution in [0.25, 0.3) is 0 Å². The van der Waals surface area contributed by atoms with Crippen molar-refractivity contribution < 1.29 is 4.52 Å². The number of hydrogen-bond donors (Lipinski definition) is 1. The monoisotopic (exact) mass is 243 g/mol. The third-order valence-electron chi connectivity index (χ3n) is 3.52. The van der Waals surface area contributed by atoms with E-state index in [4.69, 9.17) is 4.52 Å². The van der Waals surface area contributed by atoms with Crippen LogP contribution >= 0.6 is 12.4 Å². The van der Waals surface area contributed by atoms with Crippen LogP contribution in [0.3, 0.4) is 0 Å². The summed E-state index contributed by atoms with van der Waals surface area (Å²) < 4.78 is 5.24. The third-order valence-corrected chi connectivity index (χ3v) is 3.52. The van der Waals surface area contributed by atoms with Crippen LogP contribution in [-0.2, 0) is 6.54 Å². The molecule has 0 amide bonds. The first-order chi connectivity index (χ1) is 7.31. The summed E-state index contributed by atoms with van der Waals surface area (Å²) in [5.41, 5.74) is 0.978. The van der Waals surface area contributed by atoms with Gasteiger partial charge in [-0.05, 0) is 31.8 Å². The molecule has 4 nitrogen and oxygen atoms in total. The van der Waals surface area contributed by atoms with Crippen LogP contribution in [0.15, 0.2) is 10.6 Å². The van der Waals surface area contributed by atoms with Crippen LogP contribution in [0.1, 0.15) is 11.5 Å². The molecule has 3 heterocycles. The summed E-state index contributed by atoms with van der Waals surface area (Å²) >= 11 is 0. The number of hydrogen-bond acceptors (Lipinski definition) is 4. The van der Waals surface area contributed by atoms with Gasteiger partial charge in [-0.15, -0.1) is 12.4 Å². The highest BCUT2D eigenvalue weighted by Crippen LogP contribution is 2.27. The second-order valence-corrected chi connectivity index (χ2v) is 4.81. The summed E-state index contributed by atoms with van der Waals surface area (Å²) in [6.45, 7) is 7.69. The van der Waals surface area contributed by atoms with Crippen LogP contribution in [0, 0.1) is 18.8 Å². The van der Waals surface area contributed by atoms with Gasteiger partial charge < -0.3 is 9.84 Å². The van der Waals surface area contributed by atoms with Gasteiger partial charge in [0.25, 0.3) is 0 Å². The van der Waals surface area contributed by atoms with E-state index in [2.05, 4.69) is 15.4 Å². The van der Waals surface area contributed by atoms with Crippen molar-refractivity contribution in [1.82, 2.24) is 15.4 Å². The van der Waals surface area contributed by atoms with E-state index >= 15 is 0 Å². The fourth-order valence-electron chi connectivity index (χ4n) is 2.79. The lowest BCUT2D eigenvalue weighted by molar-refractivity contribution is 0.258. The molecule has 0 aromatic carbocycles. The van der Waals surface area contributed by atoms with Crippen molar-refractivity contribution in [3.05, 3.63) is 17.5 Å². The van der Waals surface area contributed by atoms with Gasteiger partial charge in [-0.3, -0.25) is 4.90 Å². The molecule has 0 saturated carbocycles. The van der Waals surface area contributed by atoms with Gasteiger partial charge in [-0.1, -0.05) is 5.16 Å². The highest BCUT2D eigenvalue weighted by atomic mass is 35.5. The Labute approximate surface area is 102 Å². The van der Waals surface area contributed by atoms with Crippen LogP contribution in [-0.4, -0.2) is 36.2 Å². The fraction of sp³-hybridized carbons (Fsp3) is 0.727. The molecule has 1 N–H and O–H groups in total. The molecule has 2 fully saturated rings. The smallest absolute Gasteiger partial charge is 0.150 e. The Bertz CT molecular complexity index is 343. The second-order valence-electron chi connectivity index (χ2n) is 4.81. The first-order valence-electron chi connectivity index (χ1n) is 5.66. The number of rotatable bonds is 2. The molecule has 2 aliphatic rings. The molecule has 5 heteroatoms. The van der Waals surface area contributed by atoms with Crippen LogP contribution < -0.4 is 5.32 Å². The third kappa shape index (κ3) is 2.24. The minimum Gasteiger partial charge on any atom is -0.360 e. The lowest BCUT2D eigenvalue weighted by atomic mass is 10.0. The average molecular weight is 244 g/mol. The number of halogens is 1. The van der Waals surface area contributed by atoms with Crippen molar-refractivity contribution in [2.75, 3.05) is 26.2 Å². The van der Waals surface area contributed by atoms with Crippen LogP contribution in [0.2, 0.25) is 0 Å². The molecule has 2 aliphatic heterocycles. The molecule has 0 spiro atoms. The molecular weight excluding hydrogens is 226 g/mol. The molecule has 0 radical (unpaired) electrons. The maximum absolute atomic E-state index is 5.24. The standard InChI is InChI=1S/C11H17N3O.ClH/c1-8-2-11(15-13-8)7-14-5-9-3-12-4-10(9)6-14;/h2,9-10,12H,3-7H2,1H3;1H/t9-,10+;. The molecule has 2 saturated heterocycles. The van der Waals surface area contributed by atoms with Crippen molar-refractivity contribution in [3.8, 4) is 0 Å². The van der Waals surface area contributed by atoms with E-state index in [-0.39, 0.29) is 12.4 Å². The van der Waals surface area contributed by atoms with E-state index < -0.39 is 0 Å². The lowest BCUT2D eigenvalue weighted by Gasteiger charge is -2.14. The summed E-state index contributed by atoms with van der Waals surface area (Å²) in [4.78, 5) is 2.48. The van der Waals surface area contributed by atoms with Crippen molar-refractivity contribution in [2.45, 2.75) is 13.5 Å². The van der Waals surface area contributed by atoms with E-state index in [9.17, 15) is 0 Å². The Morgan fingerprint density at radius 3 is 2.69 bits per heavy atom. The van der Waals surface area contributed by atoms with E-state index in [1.807, 2.05) is 13.0 Å². The fourth-order valence-corrected chi connectivity index (χ4v) is 2.79. The molecule has 0 unspecified atom stereocenters. The largest absolute Gasteiger partial charge is 0.360 e. The topological polar surface area (TPSA) is 41.3 Å². The number of aryl methyl sites for hydroxylation is 1. The van der Waals surface area contributed by atoms with Crippen molar-refractivity contribution in [2.24, 2.45) is 11.8 Å². The van der Waals surface area contributed by atoms with Crippen molar-refractivity contribution >= 4 is 12.4 Å². The minimum atomic E-state index is 0. The summed E-state index contributed by atoms with van der Waals surface area (Å²) in [6, 6.07) is 2.03. The number of aromatic nitrogens is 1. The minimum absolute atomic E-state index is 0. The zero-order chi connectivity index (χ0) is 10.3. The van der Waals surface area contributed by atoms with E-state index in [0.29, 0.717) is 0 Å². The van der Waals surface area contributed by atoms with Gasteiger partial charge in [0.2, 0.25) is 0 Å². The zero-order valence-corrected chi connectivity index (χ0v) is 10.3. The van der Waals surface area contributed by atoms with Crippen molar-refractivity contribution in [3.63, 3.8) is 0 Å². The predicted molar refractivity (Wildman–Crippen MR) is 63.6 cm³/mol.